The Labute approximate surface area is 146 Å². The lowest BCUT2D eigenvalue weighted by Gasteiger charge is -2.12. The van der Waals surface area contributed by atoms with Crippen LogP contribution in [0.1, 0.15) is 12.5 Å². The van der Waals surface area contributed by atoms with Gasteiger partial charge in [0.2, 0.25) is 5.91 Å². The molecule has 0 atom stereocenters. The van der Waals surface area contributed by atoms with Gasteiger partial charge in [0.15, 0.2) is 18.1 Å². The average Bonchev–Trinajstić information content (AvgIpc) is 2.59. The number of amides is 2. The first kappa shape index (κ1) is 18.1. The number of primary amides is 1. The van der Waals surface area contributed by atoms with Gasteiger partial charge in [-0.1, -0.05) is 6.07 Å². The number of ether oxygens (including phenoxy) is 2. The molecule has 132 valence electrons. The minimum absolute atomic E-state index is 0.105. The molecule has 4 N–H and O–H groups in total. The standard InChI is InChI=1S/C18H21N3O4/c1-12(22)21-15-6-4-14(5-7-15)20-10-13-3-8-16(17(9-13)24-2)25-11-18(19)23/h3-9,20H,10-11H2,1-2H3,(H2,19,23)(H,21,22). The van der Waals surface area contributed by atoms with E-state index in [1.807, 2.05) is 36.4 Å². The highest BCUT2D eigenvalue weighted by Crippen LogP contribution is 2.28. The van der Waals surface area contributed by atoms with Gasteiger partial charge in [0, 0.05) is 24.8 Å². The van der Waals surface area contributed by atoms with Gasteiger partial charge in [-0.25, -0.2) is 0 Å². The number of nitrogens with one attached hydrogen (secondary N) is 2. The van der Waals surface area contributed by atoms with Gasteiger partial charge in [-0.15, -0.1) is 0 Å². The maximum atomic E-state index is 11.0. The van der Waals surface area contributed by atoms with Crippen LogP contribution in [-0.4, -0.2) is 25.5 Å². The smallest absolute Gasteiger partial charge is 0.255 e. The maximum absolute atomic E-state index is 11.0. The molecule has 0 heterocycles. The van der Waals surface area contributed by atoms with E-state index in [1.165, 1.54) is 14.0 Å². The zero-order valence-corrected chi connectivity index (χ0v) is 14.2. The average molecular weight is 343 g/mol. The van der Waals surface area contributed by atoms with E-state index >= 15 is 0 Å². The summed E-state index contributed by atoms with van der Waals surface area (Å²) < 4.78 is 10.6. The van der Waals surface area contributed by atoms with E-state index in [4.69, 9.17) is 15.2 Å². The van der Waals surface area contributed by atoms with Crippen LogP contribution in [0.4, 0.5) is 11.4 Å². The number of benzene rings is 2. The summed E-state index contributed by atoms with van der Waals surface area (Å²) in [5.74, 6) is 0.341. The minimum Gasteiger partial charge on any atom is -0.493 e. The van der Waals surface area contributed by atoms with Crippen molar-refractivity contribution in [1.29, 1.82) is 0 Å². The molecule has 0 aliphatic rings. The Morgan fingerprint density at radius 2 is 1.72 bits per heavy atom. The highest BCUT2D eigenvalue weighted by atomic mass is 16.5. The zero-order valence-electron chi connectivity index (χ0n) is 14.2. The molecule has 2 aromatic rings. The fraction of sp³-hybridized carbons (Fsp3) is 0.222. The number of rotatable bonds is 8. The Kier molecular flexibility index (Phi) is 6.22. The summed E-state index contributed by atoms with van der Waals surface area (Å²) in [6.45, 7) is 1.84. The maximum Gasteiger partial charge on any atom is 0.255 e. The summed E-state index contributed by atoms with van der Waals surface area (Å²) in [6.07, 6.45) is 0. The van der Waals surface area contributed by atoms with Crippen molar-refractivity contribution in [3.05, 3.63) is 48.0 Å². The molecule has 0 spiro atoms. The van der Waals surface area contributed by atoms with Crippen LogP contribution in [0, 0.1) is 0 Å². The van der Waals surface area contributed by atoms with E-state index in [1.54, 1.807) is 6.07 Å². The molecular formula is C18H21N3O4. The predicted molar refractivity (Wildman–Crippen MR) is 95.8 cm³/mol. The van der Waals surface area contributed by atoms with Crippen LogP contribution in [0.2, 0.25) is 0 Å². The van der Waals surface area contributed by atoms with Gasteiger partial charge < -0.3 is 25.8 Å². The zero-order chi connectivity index (χ0) is 18.2. The largest absolute Gasteiger partial charge is 0.493 e. The topological polar surface area (TPSA) is 103 Å². The predicted octanol–water partition coefficient (Wildman–Crippen LogP) is 2.13. The quantitative estimate of drug-likeness (QED) is 0.681. The summed E-state index contributed by atoms with van der Waals surface area (Å²) in [5, 5.41) is 6.00. The summed E-state index contributed by atoms with van der Waals surface area (Å²) in [6, 6.07) is 12.8. The molecule has 0 unspecified atom stereocenters. The number of methoxy groups -OCH3 is 1. The highest BCUT2D eigenvalue weighted by Gasteiger charge is 2.07. The van der Waals surface area contributed by atoms with Gasteiger partial charge in [0.25, 0.3) is 5.91 Å². The fourth-order valence-electron chi connectivity index (χ4n) is 2.17. The Bertz CT molecular complexity index is 744. The van der Waals surface area contributed by atoms with Crippen LogP contribution in [0.25, 0.3) is 0 Å². The van der Waals surface area contributed by atoms with Gasteiger partial charge in [0.1, 0.15) is 0 Å². The molecule has 0 aromatic heterocycles. The summed E-state index contributed by atoms with van der Waals surface area (Å²) in [7, 11) is 1.53. The van der Waals surface area contributed by atoms with Crippen LogP contribution in [-0.2, 0) is 16.1 Å². The fourth-order valence-corrected chi connectivity index (χ4v) is 2.17. The van der Waals surface area contributed by atoms with Gasteiger partial charge in [0.05, 0.1) is 7.11 Å². The van der Waals surface area contributed by atoms with E-state index in [-0.39, 0.29) is 12.5 Å². The third-order valence-corrected chi connectivity index (χ3v) is 3.30. The van der Waals surface area contributed by atoms with Crippen molar-refractivity contribution < 1.29 is 19.1 Å². The Hall–Kier alpha value is -3.22. The lowest BCUT2D eigenvalue weighted by atomic mass is 10.2. The molecule has 2 rings (SSSR count). The molecule has 0 fully saturated rings. The van der Waals surface area contributed by atoms with Crippen molar-refractivity contribution in [3.63, 3.8) is 0 Å². The van der Waals surface area contributed by atoms with Crippen molar-refractivity contribution in [3.8, 4) is 11.5 Å². The summed E-state index contributed by atoms with van der Waals surface area (Å²) in [5.41, 5.74) is 7.72. The molecule has 0 radical (unpaired) electrons. The molecule has 0 saturated carbocycles. The SMILES string of the molecule is COc1cc(CNc2ccc(NC(C)=O)cc2)ccc1OCC(N)=O. The second kappa shape index (κ2) is 8.58. The van der Waals surface area contributed by atoms with E-state index < -0.39 is 5.91 Å². The number of carbonyl (C=O) groups excluding carboxylic acids is 2. The highest BCUT2D eigenvalue weighted by molar-refractivity contribution is 5.88. The minimum atomic E-state index is -0.546. The number of anilines is 2. The van der Waals surface area contributed by atoms with E-state index in [0.29, 0.717) is 18.0 Å². The normalized spacial score (nSPS) is 10.0. The summed E-state index contributed by atoms with van der Waals surface area (Å²) in [4.78, 5) is 21.8. The second-order valence-corrected chi connectivity index (χ2v) is 5.35. The number of carbonyl (C=O) groups is 2. The van der Waals surface area contributed by atoms with E-state index in [9.17, 15) is 9.59 Å². The molecular weight excluding hydrogens is 322 g/mol. The Balaban J connectivity index is 1.98. The lowest BCUT2D eigenvalue weighted by molar-refractivity contribution is -0.120. The molecule has 0 aliphatic carbocycles. The van der Waals surface area contributed by atoms with Gasteiger partial charge >= 0.3 is 0 Å². The monoisotopic (exact) mass is 343 g/mol. The first-order chi connectivity index (χ1) is 12.0. The summed E-state index contributed by atoms with van der Waals surface area (Å²) >= 11 is 0. The third-order valence-electron chi connectivity index (χ3n) is 3.30. The van der Waals surface area contributed by atoms with Gasteiger partial charge in [-0.3, -0.25) is 9.59 Å². The first-order valence-electron chi connectivity index (χ1n) is 7.67. The van der Waals surface area contributed by atoms with Crippen LogP contribution in [0.3, 0.4) is 0 Å². The van der Waals surface area contributed by atoms with Crippen molar-refractivity contribution >= 4 is 23.2 Å². The van der Waals surface area contributed by atoms with Crippen molar-refractivity contribution in [2.75, 3.05) is 24.4 Å². The van der Waals surface area contributed by atoms with Gasteiger partial charge in [-0.05, 0) is 42.0 Å². The number of hydrogen-bond donors (Lipinski definition) is 3. The molecule has 0 bridgehead atoms. The van der Waals surface area contributed by atoms with E-state index in [0.717, 1.165) is 16.9 Å². The van der Waals surface area contributed by atoms with Gasteiger partial charge in [-0.2, -0.15) is 0 Å². The van der Waals surface area contributed by atoms with Crippen LogP contribution in [0.15, 0.2) is 42.5 Å². The number of nitrogens with two attached hydrogens (primary N) is 1. The van der Waals surface area contributed by atoms with Crippen LogP contribution in [0.5, 0.6) is 11.5 Å². The second-order valence-electron chi connectivity index (χ2n) is 5.35. The Morgan fingerprint density at radius 1 is 1.04 bits per heavy atom. The third kappa shape index (κ3) is 5.72. The molecule has 7 heteroatoms. The molecule has 25 heavy (non-hydrogen) atoms. The Morgan fingerprint density at radius 3 is 2.32 bits per heavy atom. The first-order valence-corrected chi connectivity index (χ1v) is 7.67. The van der Waals surface area contributed by atoms with Crippen molar-refractivity contribution in [2.24, 2.45) is 5.73 Å². The van der Waals surface area contributed by atoms with Crippen LogP contribution < -0.4 is 25.8 Å². The number of hydrogen-bond acceptors (Lipinski definition) is 5. The molecule has 7 nitrogen and oxygen atoms in total. The molecule has 0 saturated heterocycles. The van der Waals surface area contributed by atoms with Crippen LogP contribution >= 0.6 is 0 Å². The van der Waals surface area contributed by atoms with Crippen molar-refractivity contribution in [2.45, 2.75) is 13.5 Å². The van der Waals surface area contributed by atoms with E-state index in [2.05, 4.69) is 10.6 Å². The lowest BCUT2D eigenvalue weighted by Crippen LogP contribution is -2.20. The molecule has 0 aliphatic heterocycles. The van der Waals surface area contributed by atoms with Crippen molar-refractivity contribution in [1.82, 2.24) is 0 Å². The molecule has 2 amide bonds. The molecule has 2 aromatic carbocycles.